The molecule has 0 atom stereocenters. The molecule has 35 heavy (non-hydrogen) atoms. The number of methoxy groups -OCH3 is 1. The average Bonchev–Trinajstić information content (AvgIpc) is 3.38. The molecule has 0 radical (unpaired) electrons. The molecule has 0 spiro atoms. The van der Waals surface area contributed by atoms with Gasteiger partial charge < -0.3 is 9.47 Å². The van der Waals surface area contributed by atoms with Crippen molar-refractivity contribution in [2.45, 2.75) is 6.61 Å². The van der Waals surface area contributed by atoms with Crippen molar-refractivity contribution in [1.82, 2.24) is 25.1 Å². The van der Waals surface area contributed by atoms with Crippen LogP contribution in [0.2, 0.25) is 0 Å². The predicted molar refractivity (Wildman–Crippen MR) is 138 cm³/mol. The van der Waals surface area contributed by atoms with E-state index in [1.807, 2.05) is 85.0 Å². The number of nitrogens with zero attached hydrogens (tertiary/aromatic N) is 4. The zero-order chi connectivity index (χ0) is 23.9. The second-order valence-corrected chi connectivity index (χ2v) is 7.73. The second kappa shape index (κ2) is 10.4. The van der Waals surface area contributed by atoms with Crippen LogP contribution in [-0.2, 0) is 6.61 Å². The van der Waals surface area contributed by atoms with Crippen LogP contribution in [0.25, 0.3) is 35.3 Å². The molecule has 0 saturated heterocycles. The fourth-order valence-electron chi connectivity index (χ4n) is 3.53. The van der Waals surface area contributed by atoms with E-state index in [2.05, 4.69) is 25.1 Å². The number of aromatic nitrogens is 5. The van der Waals surface area contributed by atoms with E-state index in [9.17, 15) is 0 Å². The Morgan fingerprint density at radius 1 is 0.800 bits per heavy atom. The van der Waals surface area contributed by atoms with Gasteiger partial charge in [0.1, 0.15) is 18.1 Å². The molecule has 0 amide bonds. The summed E-state index contributed by atoms with van der Waals surface area (Å²) in [5.41, 5.74) is 6.28. The minimum atomic E-state index is 0.399. The molecule has 7 heteroatoms. The number of pyridine rings is 1. The van der Waals surface area contributed by atoms with Crippen molar-refractivity contribution >= 4 is 35.3 Å². The van der Waals surface area contributed by atoms with Crippen LogP contribution < -0.4 is 9.47 Å². The van der Waals surface area contributed by atoms with Crippen LogP contribution in [0.5, 0.6) is 11.5 Å². The minimum absolute atomic E-state index is 0.399. The van der Waals surface area contributed by atoms with E-state index < -0.39 is 0 Å². The smallest absolute Gasteiger partial charge is 0.130 e. The summed E-state index contributed by atoms with van der Waals surface area (Å²) in [4.78, 5) is 12.9. The van der Waals surface area contributed by atoms with Crippen LogP contribution in [0.1, 0.15) is 28.2 Å². The van der Waals surface area contributed by atoms with Gasteiger partial charge in [-0.3, -0.25) is 20.1 Å². The SMILES string of the molecule is COc1cc(OCc2ccccn2)ccc1/C=C/c1cc(/C=C/c2ccc3nccnc3c2)n[nH]1. The highest BCUT2D eigenvalue weighted by Crippen LogP contribution is 2.27. The molecule has 5 rings (SSSR count). The molecule has 7 nitrogen and oxygen atoms in total. The molecule has 0 bridgehead atoms. The summed E-state index contributed by atoms with van der Waals surface area (Å²) in [7, 11) is 1.65. The van der Waals surface area contributed by atoms with E-state index in [4.69, 9.17) is 9.47 Å². The Morgan fingerprint density at radius 3 is 2.57 bits per heavy atom. The van der Waals surface area contributed by atoms with Gasteiger partial charge in [-0.05, 0) is 66.3 Å². The first-order valence-electron chi connectivity index (χ1n) is 11.1. The van der Waals surface area contributed by atoms with Crippen LogP contribution in [0.3, 0.4) is 0 Å². The molecule has 0 aliphatic heterocycles. The third-order valence-electron chi connectivity index (χ3n) is 5.32. The number of ether oxygens (including phenoxy) is 2. The lowest BCUT2D eigenvalue weighted by atomic mass is 10.1. The van der Waals surface area contributed by atoms with Crippen molar-refractivity contribution in [1.29, 1.82) is 0 Å². The van der Waals surface area contributed by atoms with Crippen molar-refractivity contribution < 1.29 is 9.47 Å². The normalized spacial score (nSPS) is 11.5. The van der Waals surface area contributed by atoms with Crippen LogP contribution in [0, 0.1) is 0 Å². The number of benzene rings is 2. The van der Waals surface area contributed by atoms with Crippen LogP contribution >= 0.6 is 0 Å². The monoisotopic (exact) mass is 461 g/mol. The molecule has 0 aliphatic rings. The van der Waals surface area contributed by atoms with Crippen molar-refractivity contribution in [3.63, 3.8) is 0 Å². The molecule has 2 aromatic carbocycles. The van der Waals surface area contributed by atoms with Gasteiger partial charge in [-0.25, -0.2) is 0 Å². The molecule has 3 aromatic heterocycles. The molecule has 5 aromatic rings. The lowest BCUT2D eigenvalue weighted by Gasteiger charge is -2.09. The Labute approximate surface area is 202 Å². The molecule has 0 aliphatic carbocycles. The van der Waals surface area contributed by atoms with E-state index in [0.29, 0.717) is 6.61 Å². The van der Waals surface area contributed by atoms with E-state index in [-0.39, 0.29) is 0 Å². The topological polar surface area (TPSA) is 85.8 Å². The zero-order valence-electron chi connectivity index (χ0n) is 19.1. The molecule has 0 unspecified atom stereocenters. The van der Waals surface area contributed by atoms with Gasteiger partial charge >= 0.3 is 0 Å². The quantitative estimate of drug-likeness (QED) is 0.320. The number of rotatable bonds is 8. The maximum absolute atomic E-state index is 5.84. The number of H-pyrrole nitrogens is 1. The fourth-order valence-corrected chi connectivity index (χ4v) is 3.53. The number of nitrogens with one attached hydrogen (secondary N) is 1. The summed E-state index contributed by atoms with van der Waals surface area (Å²) in [5, 5.41) is 7.41. The summed E-state index contributed by atoms with van der Waals surface area (Å²) in [5.74, 6) is 1.44. The lowest BCUT2D eigenvalue weighted by Crippen LogP contribution is -1.98. The highest BCUT2D eigenvalue weighted by molar-refractivity contribution is 5.80. The van der Waals surface area contributed by atoms with Gasteiger partial charge in [0, 0.05) is 30.2 Å². The van der Waals surface area contributed by atoms with Crippen molar-refractivity contribution in [2.24, 2.45) is 0 Å². The standard InChI is InChI=1S/C28H23N5O2/c1-34-28-18-25(35-19-24-4-2-3-13-29-24)11-8-21(28)7-10-23-17-22(32-33-23)9-5-20-6-12-26-27(16-20)31-15-14-30-26/h2-18H,19H2,1H3,(H,32,33)/b9-5+,10-7+. The van der Waals surface area contributed by atoms with Gasteiger partial charge in [-0.2, -0.15) is 5.10 Å². The number of hydrogen-bond donors (Lipinski definition) is 1. The van der Waals surface area contributed by atoms with Crippen LogP contribution in [0.4, 0.5) is 0 Å². The summed E-state index contributed by atoms with van der Waals surface area (Å²) < 4.78 is 11.4. The van der Waals surface area contributed by atoms with Crippen molar-refractivity contribution in [3.8, 4) is 11.5 Å². The summed E-state index contributed by atoms with van der Waals surface area (Å²) in [6.45, 7) is 0.399. The minimum Gasteiger partial charge on any atom is -0.496 e. The Bertz CT molecular complexity index is 1490. The maximum atomic E-state index is 5.84. The first-order chi connectivity index (χ1) is 17.3. The molecule has 172 valence electrons. The van der Waals surface area contributed by atoms with Gasteiger partial charge in [-0.1, -0.05) is 18.2 Å². The number of aromatic amines is 1. The van der Waals surface area contributed by atoms with Gasteiger partial charge in [0.05, 0.1) is 35.2 Å². The first kappa shape index (κ1) is 22.0. The largest absolute Gasteiger partial charge is 0.496 e. The summed E-state index contributed by atoms with van der Waals surface area (Å²) in [6, 6.07) is 19.5. The van der Waals surface area contributed by atoms with Gasteiger partial charge in [0.25, 0.3) is 0 Å². The summed E-state index contributed by atoms with van der Waals surface area (Å²) in [6.07, 6.45) is 13.0. The molecule has 0 fully saturated rings. The molecular weight excluding hydrogens is 438 g/mol. The van der Waals surface area contributed by atoms with E-state index in [0.717, 1.165) is 50.7 Å². The molecule has 0 saturated carbocycles. The number of fused-ring (bicyclic) bond motifs is 1. The fraction of sp³-hybridized carbons (Fsp3) is 0.0714. The highest BCUT2D eigenvalue weighted by Gasteiger charge is 2.05. The Kier molecular flexibility index (Phi) is 6.57. The Balaban J connectivity index is 1.25. The van der Waals surface area contributed by atoms with Crippen molar-refractivity contribution in [3.05, 3.63) is 107 Å². The van der Waals surface area contributed by atoms with Crippen LogP contribution in [-0.4, -0.2) is 32.3 Å². The molecule has 3 heterocycles. The zero-order valence-corrected chi connectivity index (χ0v) is 19.1. The predicted octanol–water partition coefficient (Wildman–Crippen LogP) is 5.68. The Morgan fingerprint density at radius 2 is 1.71 bits per heavy atom. The van der Waals surface area contributed by atoms with E-state index in [1.54, 1.807) is 25.7 Å². The highest BCUT2D eigenvalue weighted by atomic mass is 16.5. The average molecular weight is 462 g/mol. The van der Waals surface area contributed by atoms with Crippen LogP contribution in [0.15, 0.2) is 79.3 Å². The van der Waals surface area contributed by atoms with E-state index >= 15 is 0 Å². The maximum Gasteiger partial charge on any atom is 0.130 e. The van der Waals surface area contributed by atoms with Gasteiger partial charge in [0.2, 0.25) is 0 Å². The Hall–Kier alpha value is -4.78. The second-order valence-electron chi connectivity index (χ2n) is 7.73. The molecular formula is C28H23N5O2. The third kappa shape index (κ3) is 5.59. The summed E-state index contributed by atoms with van der Waals surface area (Å²) >= 11 is 0. The lowest BCUT2D eigenvalue weighted by molar-refractivity contribution is 0.299. The first-order valence-corrected chi connectivity index (χ1v) is 11.1. The van der Waals surface area contributed by atoms with Gasteiger partial charge in [-0.15, -0.1) is 0 Å². The molecule has 1 N–H and O–H groups in total. The number of hydrogen-bond acceptors (Lipinski definition) is 6. The van der Waals surface area contributed by atoms with Crippen molar-refractivity contribution in [2.75, 3.05) is 7.11 Å². The van der Waals surface area contributed by atoms with E-state index in [1.165, 1.54) is 0 Å². The third-order valence-corrected chi connectivity index (χ3v) is 5.32. The van der Waals surface area contributed by atoms with Gasteiger partial charge in [0.15, 0.2) is 0 Å².